The summed E-state index contributed by atoms with van der Waals surface area (Å²) in [6.45, 7) is 1.50. The molecule has 118 valence electrons. The minimum atomic E-state index is -3.71. The van der Waals surface area contributed by atoms with Gasteiger partial charge in [-0.25, -0.2) is 21.6 Å². The number of aromatic carboxylic acids is 1. The van der Waals surface area contributed by atoms with Crippen LogP contribution in [0.5, 0.6) is 0 Å². The molecule has 0 saturated heterocycles. The Morgan fingerprint density at radius 2 is 1.81 bits per heavy atom. The van der Waals surface area contributed by atoms with E-state index < -0.39 is 25.6 Å². The molecule has 21 heavy (non-hydrogen) atoms. The van der Waals surface area contributed by atoms with E-state index in [1.165, 1.54) is 19.1 Å². The zero-order chi connectivity index (χ0) is 16.3. The molecule has 0 atom stereocenters. The van der Waals surface area contributed by atoms with Gasteiger partial charge < -0.3 is 5.11 Å². The molecule has 1 rings (SSSR count). The second-order valence-electron chi connectivity index (χ2n) is 4.36. The third-order valence-electron chi connectivity index (χ3n) is 2.84. The van der Waals surface area contributed by atoms with E-state index in [0.717, 1.165) is 6.07 Å². The van der Waals surface area contributed by atoms with E-state index in [4.69, 9.17) is 5.11 Å². The number of benzene rings is 1. The summed E-state index contributed by atoms with van der Waals surface area (Å²) in [6, 6.07) is 3.70. The van der Waals surface area contributed by atoms with Crippen LogP contribution in [0, 0.1) is 0 Å². The van der Waals surface area contributed by atoms with E-state index in [1.807, 2.05) is 0 Å². The Labute approximate surface area is 132 Å². The SMILES string of the molecule is CCS(=O)(=O)CCCS(=O)(=O)c1ccc(Br)c(C(=O)O)c1. The molecule has 0 heterocycles. The fraction of sp³-hybridized carbons (Fsp3) is 0.417. The Morgan fingerprint density at radius 3 is 2.33 bits per heavy atom. The third-order valence-corrected chi connectivity index (χ3v) is 7.12. The Balaban J connectivity index is 2.94. The lowest BCUT2D eigenvalue weighted by Crippen LogP contribution is -2.14. The van der Waals surface area contributed by atoms with Gasteiger partial charge in [0.2, 0.25) is 0 Å². The first-order chi connectivity index (χ1) is 9.59. The smallest absolute Gasteiger partial charge is 0.336 e. The zero-order valence-corrected chi connectivity index (χ0v) is 14.5. The van der Waals surface area contributed by atoms with Crippen LogP contribution in [0.15, 0.2) is 27.6 Å². The summed E-state index contributed by atoms with van der Waals surface area (Å²) in [4.78, 5) is 10.9. The monoisotopic (exact) mass is 398 g/mol. The van der Waals surface area contributed by atoms with E-state index in [9.17, 15) is 21.6 Å². The van der Waals surface area contributed by atoms with Gasteiger partial charge in [0.15, 0.2) is 9.84 Å². The molecule has 0 unspecified atom stereocenters. The summed E-state index contributed by atoms with van der Waals surface area (Å²) < 4.78 is 47.1. The molecule has 0 aliphatic heterocycles. The number of carbonyl (C=O) groups is 1. The van der Waals surface area contributed by atoms with Gasteiger partial charge in [-0.2, -0.15) is 0 Å². The molecule has 0 radical (unpaired) electrons. The standard InChI is InChI=1S/C12H15BrO6S2/c1-2-20(16,17)6-3-7-21(18,19)9-4-5-11(13)10(8-9)12(14)15/h4-5,8H,2-3,6-7H2,1H3,(H,14,15). The predicted molar refractivity (Wildman–Crippen MR) is 82.1 cm³/mol. The Hall–Kier alpha value is -0.930. The van der Waals surface area contributed by atoms with E-state index in [-0.39, 0.29) is 38.6 Å². The van der Waals surface area contributed by atoms with Crippen LogP contribution >= 0.6 is 15.9 Å². The Kier molecular flexibility index (Phi) is 5.94. The second kappa shape index (κ2) is 6.89. The van der Waals surface area contributed by atoms with Gasteiger partial charge in [-0.15, -0.1) is 0 Å². The molecule has 6 nitrogen and oxygen atoms in total. The van der Waals surface area contributed by atoms with Crippen LogP contribution < -0.4 is 0 Å². The highest BCUT2D eigenvalue weighted by Crippen LogP contribution is 2.22. The van der Waals surface area contributed by atoms with Crippen LogP contribution in [0.4, 0.5) is 0 Å². The Bertz CT molecular complexity index is 737. The molecule has 0 saturated carbocycles. The molecule has 9 heteroatoms. The minimum Gasteiger partial charge on any atom is -0.478 e. The van der Waals surface area contributed by atoms with Gasteiger partial charge in [0.1, 0.15) is 9.84 Å². The maximum atomic E-state index is 12.1. The molecule has 0 aliphatic rings. The molecule has 0 aromatic heterocycles. The Morgan fingerprint density at radius 1 is 1.19 bits per heavy atom. The van der Waals surface area contributed by atoms with Crippen molar-refractivity contribution in [3.05, 3.63) is 28.2 Å². The molecule has 1 N–H and O–H groups in total. The number of carboxylic acid groups (broad SMARTS) is 1. The number of hydrogen-bond acceptors (Lipinski definition) is 5. The molecule has 0 spiro atoms. The third kappa shape index (κ3) is 5.08. The highest BCUT2D eigenvalue weighted by molar-refractivity contribution is 9.10. The van der Waals surface area contributed by atoms with E-state index in [2.05, 4.69) is 15.9 Å². The lowest BCUT2D eigenvalue weighted by molar-refractivity contribution is 0.0695. The van der Waals surface area contributed by atoms with Gasteiger partial charge in [0, 0.05) is 10.2 Å². The average molecular weight is 399 g/mol. The van der Waals surface area contributed by atoms with Crippen LogP contribution in [0.3, 0.4) is 0 Å². The van der Waals surface area contributed by atoms with Crippen molar-refractivity contribution in [1.82, 2.24) is 0 Å². The number of rotatable bonds is 7. The van der Waals surface area contributed by atoms with Crippen LogP contribution in [0.2, 0.25) is 0 Å². The highest BCUT2D eigenvalue weighted by atomic mass is 79.9. The van der Waals surface area contributed by atoms with E-state index in [1.54, 1.807) is 0 Å². The molecule has 1 aromatic carbocycles. The first-order valence-corrected chi connectivity index (χ1v) is 10.3. The fourth-order valence-electron chi connectivity index (χ4n) is 1.59. The number of halogens is 1. The van der Waals surface area contributed by atoms with Crippen molar-refractivity contribution < 1.29 is 26.7 Å². The van der Waals surface area contributed by atoms with Crippen molar-refractivity contribution in [2.75, 3.05) is 17.3 Å². The van der Waals surface area contributed by atoms with Crippen molar-refractivity contribution >= 4 is 41.6 Å². The molecular formula is C12H15BrO6S2. The predicted octanol–water partition coefficient (Wildman–Crippen LogP) is 1.75. The quantitative estimate of drug-likeness (QED) is 0.749. The maximum Gasteiger partial charge on any atom is 0.336 e. The first-order valence-electron chi connectivity index (χ1n) is 6.05. The lowest BCUT2D eigenvalue weighted by atomic mass is 10.2. The number of hydrogen-bond donors (Lipinski definition) is 1. The van der Waals surface area contributed by atoms with E-state index in [0.29, 0.717) is 0 Å². The van der Waals surface area contributed by atoms with Gasteiger partial charge in [-0.3, -0.25) is 0 Å². The summed E-state index contributed by atoms with van der Waals surface area (Å²) in [6.07, 6.45) is -0.0169. The molecule has 0 bridgehead atoms. The van der Waals surface area contributed by atoms with Crippen LogP contribution in [0.25, 0.3) is 0 Å². The lowest BCUT2D eigenvalue weighted by Gasteiger charge is -2.07. The summed E-state index contributed by atoms with van der Waals surface area (Å²) in [5, 5.41) is 8.97. The molecular weight excluding hydrogens is 384 g/mol. The zero-order valence-electron chi connectivity index (χ0n) is 11.2. The van der Waals surface area contributed by atoms with Gasteiger partial charge in [0.05, 0.1) is 22.0 Å². The molecule has 0 aliphatic carbocycles. The molecule has 1 aromatic rings. The number of carboxylic acids is 1. The first kappa shape index (κ1) is 18.1. The van der Waals surface area contributed by atoms with Gasteiger partial charge in [-0.05, 0) is 40.5 Å². The average Bonchev–Trinajstić information content (AvgIpc) is 2.38. The number of sulfone groups is 2. The summed E-state index contributed by atoms with van der Waals surface area (Å²) >= 11 is 3.03. The van der Waals surface area contributed by atoms with Crippen LogP contribution in [-0.4, -0.2) is 45.2 Å². The van der Waals surface area contributed by atoms with Crippen molar-refractivity contribution in [2.24, 2.45) is 0 Å². The second-order valence-corrected chi connectivity index (χ2v) is 9.79. The van der Waals surface area contributed by atoms with Crippen molar-refractivity contribution in [3.8, 4) is 0 Å². The van der Waals surface area contributed by atoms with Crippen molar-refractivity contribution in [2.45, 2.75) is 18.2 Å². The van der Waals surface area contributed by atoms with Crippen LogP contribution in [0.1, 0.15) is 23.7 Å². The summed E-state index contributed by atoms with van der Waals surface area (Å²) in [5.74, 6) is -1.82. The molecule has 0 amide bonds. The summed E-state index contributed by atoms with van der Waals surface area (Å²) in [5.41, 5.74) is -0.155. The van der Waals surface area contributed by atoms with Gasteiger partial charge >= 0.3 is 5.97 Å². The molecule has 0 fully saturated rings. The topological polar surface area (TPSA) is 106 Å². The summed E-state index contributed by atoms with van der Waals surface area (Å²) in [7, 11) is -6.93. The fourth-order valence-corrected chi connectivity index (χ4v) is 4.40. The normalized spacial score (nSPS) is 12.3. The van der Waals surface area contributed by atoms with Crippen molar-refractivity contribution in [1.29, 1.82) is 0 Å². The van der Waals surface area contributed by atoms with Crippen molar-refractivity contribution in [3.63, 3.8) is 0 Å². The highest BCUT2D eigenvalue weighted by Gasteiger charge is 2.19. The largest absolute Gasteiger partial charge is 0.478 e. The van der Waals surface area contributed by atoms with E-state index >= 15 is 0 Å². The van der Waals surface area contributed by atoms with Crippen LogP contribution in [-0.2, 0) is 19.7 Å². The van der Waals surface area contributed by atoms with Gasteiger partial charge in [0.25, 0.3) is 0 Å². The van der Waals surface area contributed by atoms with Gasteiger partial charge in [-0.1, -0.05) is 6.92 Å². The minimum absolute atomic E-state index is 0.0169. The maximum absolute atomic E-state index is 12.1.